The monoisotopic (exact) mass is 325 g/mol. The molecule has 0 amide bonds. The van der Waals surface area contributed by atoms with Gasteiger partial charge in [-0.1, -0.05) is 36.4 Å². The summed E-state index contributed by atoms with van der Waals surface area (Å²) in [5.74, 6) is 0.803. The molecule has 0 saturated heterocycles. The fourth-order valence-electron chi connectivity index (χ4n) is 2.72. The van der Waals surface area contributed by atoms with Crippen molar-refractivity contribution in [3.05, 3.63) is 84.2 Å². The van der Waals surface area contributed by atoms with Gasteiger partial charge >= 0.3 is 0 Å². The van der Waals surface area contributed by atoms with Gasteiger partial charge in [0.2, 0.25) is 0 Å². The smallest absolute Gasteiger partial charge is 0.126 e. The van der Waals surface area contributed by atoms with Crippen LogP contribution in [0.1, 0.15) is 11.1 Å². The molecule has 0 bridgehead atoms. The van der Waals surface area contributed by atoms with Crippen LogP contribution in [0.4, 0.5) is 5.82 Å². The van der Waals surface area contributed by atoms with Crippen LogP contribution in [0, 0.1) is 11.3 Å². The molecule has 5 heteroatoms. The first-order valence-corrected chi connectivity index (χ1v) is 7.96. The summed E-state index contributed by atoms with van der Waals surface area (Å²) in [5.41, 5.74) is 4.40. The van der Waals surface area contributed by atoms with Crippen molar-refractivity contribution in [2.24, 2.45) is 0 Å². The molecule has 1 N–H and O–H groups in total. The molecule has 0 aliphatic carbocycles. The minimum Gasteiger partial charge on any atom is -0.366 e. The Labute approximate surface area is 145 Å². The van der Waals surface area contributed by atoms with Gasteiger partial charge in [-0.15, -0.1) is 0 Å². The van der Waals surface area contributed by atoms with Crippen LogP contribution in [-0.2, 0) is 6.54 Å². The van der Waals surface area contributed by atoms with Crippen LogP contribution in [-0.4, -0.2) is 14.6 Å². The summed E-state index contributed by atoms with van der Waals surface area (Å²) < 4.78 is 1.75. The number of nitriles is 1. The van der Waals surface area contributed by atoms with E-state index in [9.17, 15) is 0 Å². The van der Waals surface area contributed by atoms with Gasteiger partial charge in [-0.05, 0) is 29.8 Å². The molecule has 5 nitrogen and oxygen atoms in total. The highest BCUT2D eigenvalue weighted by molar-refractivity contribution is 5.79. The maximum absolute atomic E-state index is 9.11. The highest BCUT2D eigenvalue weighted by Gasteiger charge is 2.09. The lowest BCUT2D eigenvalue weighted by molar-refractivity contribution is 0.960. The molecular formula is C20H15N5. The number of rotatable bonds is 4. The van der Waals surface area contributed by atoms with Gasteiger partial charge in [-0.3, -0.25) is 0 Å². The molecule has 3 heterocycles. The predicted molar refractivity (Wildman–Crippen MR) is 96.9 cm³/mol. The highest BCUT2D eigenvalue weighted by Crippen LogP contribution is 2.24. The second-order valence-electron chi connectivity index (χ2n) is 5.66. The lowest BCUT2D eigenvalue weighted by atomic mass is 10.1. The molecule has 4 rings (SSSR count). The Balaban J connectivity index is 1.64. The van der Waals surface area contributed by atoms with Gasteiger partial charge in [0.05, 0.1) is 29.0 Å². The largest absolute Gasteiger partial charge is 0.366 e. The molecule has 0 spiro atoms. The van der Waals surface area contributed by atoms with E-state index in [4.69, 9.17) is 5.26 Å². The highest BCUT2D eigenvalue weighted by atomic mass is 15.2. The first-order valence-electron chi connectivity index (χ1n) is 7.96. The Kier molecular flexibility index (Phi) is 3.85. The van der Waals surface area contributed by atoms with E-state index in [1.165, 1.54) is 5.56 Å². The van der Waals surface area contributed by atoms with Crippen molar-refractivity contribution in [3.8, 4) is 17.3 Å². The fraction of sp³-hybridized carbons (Fsp3) is 0.0500. The molecule has 0 radical (unpaired) electrons. The van der Waals surface area contributed by atoms with Crippen molar-refractivity contribution in [2.45, 2.75) is 6.54 Å². The zero-order chi connectivity index (χ0) is 17.1. The third kappa shape index (κ3) is 3.06. The first kappa shape index (κ1) is 14.9. The summed E-state index contributed by atoms with van der Waals surface area (Å²) in [6.07, 6.45) is 3.56. The number of aromatic nitrogens is 3. The second-order valence-corrected chi connectivity index (χ2v) is 5.66. The van der Waals surface area contributed by atoms with Crippen molar-refractivity contribution in [3.63, 3.8) is 0 Å². The summed E-state index contributed by atoms with van der Waals surface area (Å²) in [6.45, 7) is 0.713. The standard InChI is InChI=1S/C20H15N5/c21-12-16-9-10-25-19(11-16)17(14-23-25)18-7-4-8-20(24-18)22-13-15-5-2-1-3-6-15/h1-11,14H,13H2,(H,22,24). The molecular weight excluding hydrogens is 310 g/mol. The summed E-state index contributed by atoms with van der Waals surface area (Å²) in [7, 11) is 0. The fourth-order valence-corrected chi connectivity index (χ4v) is 2.72. The number of hydrogen-bond donors (Lipinski definition) is 1. The van der Waals surface area contributed by atoms with Crippen LogP contribution < -0.4 is 5.32 Å². The Morgan fingerprint density at radius 1 is 1.04 bits per heavy atom. The molecule has 4 aromatic rings. The van der Waals surface area contributed by atoms with Crippen LogP contribution in [0.5, 0.6) is 0 Å². The third-order valence-corrected chi connectivity index (χ3v) is 3.99. The number of hydrogen-bond acceptors (Lipinski definition) is 4. The molecule has 3 aromatic heterocycles. The number of benzene rings is 1. The minimum absolute atomic E-state index is 0.604. The van der Waals surface area contributed by atoms with Gasteiger partial charge in [-0.2, -0.15) is 10.4 Å². The van der Waals surface area contributed by atoms with E-state index in [2.05, 4.69) is 33.6 Å². The second kappa shape index (κ2) is 6.46. The molecule has 0 atom stereocenters. The topological polar surface area (TPSA) is 66.0 Å². The average Bonchev–Trinajstić information content (AvgIpc) is 3.10. The van der Waals surface area contributed by atoms with Crippen molar-refractivity contribution in [2.75, 3.05) is 5.32 Å². The molecule has 0 saturated carbocycles. The van der Waals surface area contributed by atoms with Gasteiger partial charge in [0.15, 0.2) is 0 Å². The number of anilines is 1. The Bertz CT molecular complexity index is 1060. The number of nitrogens with one attached hydrogen (secondary N) is 1. The number of nitrogens with zero attached hydrogens (tertiary/aromatic N) is 4. The van der Waals surface area contributed by atoms with Gasteiger partial charge in [-0.25, -0.2) is 9.50 Å². The van der Waals surface area contributed by atoms with Crippen LogP contribution in [0.2, 0.25) is 0 Å². The van der Waals surface area contributed by atoms with E-state index in [0.717, 1.165) is 22.6 Å². The molecule has 0 fully saturated rings. The Hall–Kier alpha value is -3.65. The number of pyridine rings is 2. The maximum atomic E-state index is 9.11. The first-order chi connectivity index (χ1) is 12.3. The lowest BCUT2D eigenvalue weighted by Crippen LogP contribution is -2.01. The van der Waals surface area contributed by atoms with Crippen molar-refractivity contribution in [1.29, 1.82) is 5.26 Å². The van der Waals surface area contributed by atoms with E-state index in [-0.39, 0.29) is 0 Å². The van der Waals surface area contributed by atoms with E-state index in [1.807, 2.05) is 42.5 Å². The molecule has 120 valence electrons. The van der Waals surface area contributed by atoms with E-state index < -0.39 is 0 Å². The van der Waals surface area contributed by atoms with Crippen LogP contribution >= 0.6 is 0 Å². The van der Waals surface area contributed by atoms with E-state index in [1.54, 1.807) is 23.0 Å². The zero-order valence-electron chi connectivity index (χ0n) is 13.4. The van der Waals surface area contributed by atoms with Gasteiger partial charge in [0, 0.05) is 18.3 Å². The van der Waals surface area contributed by atoms with E-state index >= 15 is 0 Å². The summed E-state index contributed by atoms with van der Waals surface area (Å²) >= 11 is 0. The molecule has 0 unspecified atom stereocenters. The zero-order valence-corrected chi connectivity index (χ0v) is 13.4. The number of fused-ring (bicyclic) bond motifs is 1. The minimum atomic E-state index is 0.604. The third-order valence-electron chi connectivity index (χ3n) is 3.99. The van der Waals surface area contributed by atoms with Crippen LogP contribution in [0.15, 0.2) is 73.1 Å². The van der Waals surface area contributed by atoms with Crippen LogP contribution in [0.3, 0.4) is 0 Å². The molecule has 1 aromatic carbocycles. The summed E-state index contributed by atoms with van der Waals surface area (Å²) in [4.78, 5) is 4.69. The quantitative estimate of drug-likeness (QED) is 0.618. The van der Waals surface area contributed by atoms with Gasteiger partial charge < -0.3 is 5.32 Å². The lowest BCUT2D eigenvalue weighted by Gasteiger charge is -2.07. The molecule has 0 aliphatic rings. The maximum Gasteiger partial charge on any atom is 0.126 e. The average molecular weight is 325 g/mol. The summed E-state index contributed by atoms with van der Waals surface area (Å²) in [5, 5.41) is 16.8. The van der Waals surface area contributed by atoms with Gasteiger partial charge in [0.1, 0.15) is 5.82 Å². The Morgan fingerprint density at radius 3 is 2.76 bits per heavy atom. The van der Waals surface area contributed by atoms with Crippen LogP contribution in [0.25, 0.3) is 16.8 Å². The SMILES string of the molecule is N#Cc1ccn2ncc(-c3cccc(NCc4ccccc4)n3)c2c1. The molecule has 25 heavy (non-hydrogen) atoms. The van der Waals surface area contributed by atoms with Crippen molar-refractivity contribution in [1.82, 2.24) is 14.6 Å². The van der Waals surface area contributed by atoms with Gasteiger partial charge in [0.25, 0.3) is 0 Å². The van der Waals surface area contributed by atoms with Crippen molar-refractivity contribution >= 4 is 11.3 Å². The predicted octanol–water partition coefficient (Wildman–Crippen LogP) is 3.88. The normalized spacial score (nSPS) is 10.5. The Morgan fingerprint density at radius 2 is 1.92 bits per heavy atom. The summed E-state index contributed by atoms with van der Waals surface area (Å²) in [6, 6.07) is 21.8. The van der Waals surface area contributed by atoms with Crippen molar-refractivity contribution < 1.29 is 0 Å². The molecule has 0 aliphatic heterocycles. The van der Waals surface area contributed by atoms with E-state index in [0.29, 0.717) is 12.1 Å².